The molecule has 2 unspecified atom stereocenters. The molecule has 0 spiro atoms. The fourth-order valence-electron chi connectivity index (χ4n) is 2.73. The van der Waals surface area contributed by atoms with Gasteiger partial charge >= 0.3 is 0 Å². The fraction of sp³-hybridized carbons (Fsp3) is 1.00. The number of hydrogen-bond acceptors (Lipinski definition) is 5. The van der Waals surface area contributed by atoms with Crippen molar-refractivity contribution in [2.75, 3.05) is 44.4 Å². The normalized spacial score (nSPS) is 33.4. The van der Waals surface area contributed by atoms with E-state index in [1.165, 1.54) is 0 Å². The lowest BCUT2D eigenvalue weighted by Gasteiger charge is -2.36. The van der Waals surface area contributed by atoms with Crippen molar-refractivity contribution in [3.8, 4) is 0 Å². The van der Waals surface area contributed by atoms with Crippen molar-refractivity contribution in [1.82, 2.24) is 10.2 Å². The lowest BCUT2D eigenvalue weighted by atomic mass is 10.1. The molecule has 1 N–H and O–H groups in total. The molecular weight excluding hydrogens is 252 g/mol. The van der Waals surface area contributed by atoms with Gasteiger partial charge in [0.2, 0.25) is 0 Å². The van der Waals surface area contributed by atoms with Crippen molar-refractivity contribution in [3.63, 3.8) is 0 Å². The highest BCUT2D eigenvalue weighted by Gasteiger charge is 2.26. The summed E-state index contributed by atoms with van der Waals surface area (Å²) in [7, 11) is -2.81. The minimum atomic E-state index is -2.81. The van der Waals surface area contributed by atoms with E-state index in [9.17, 15) is 8.42 Å². The van der Waals surface area contributed by atoms with Crippen molar-refractivity contribution in [3.05, 3.63) is 0 Å². The molecule has 2 aliphatic rings. The van der Waals surface area contributed by atoms with Crippen LogP contribution in [0.1, 0.15) is 19.8 Å². The topological polar surface area (TPSA) is 58.6 Å². The molecule has 2 heterocycles. The zero-order chi connectivity index (χ0) is 13.0. The van der Waals surface area contributed by atoms with Crippen LogP contribution in [0.25, 0.3) is 0 Å². The Balaban J connectivity index is 1.79. The van der Waals surface area contributed by atoms with Crippen molar-refractivity contribution >= 4 is 9.84 Å². The second-order valence-corrected chi connectivity index (χ2v) is 7.46. The molecule has 0 saturated carbocycles. The van der Waals surface area contributed by atoms with Gasteiger partial charge in [0.25, 0.3) is 0 Å². The predicted octanol–water partition coefficient (Wildman–Crippen LogP) is -0.126. The van der Waals surface area contributed by atoms with E-state index in [4.69, 9.17) is 4.74 Å². The van der Waals surface area contributed by atoms with Gasteiger partial charge in [-0.2, -0.15) is 0 Å². The average molecular weight is 276 g/mol. The minimum Gasteiger partial charge on any atom is -0.378 e. The lowest BCUT2D eigenvalue weighted by Crippen LogP contribution is -2.49. The van der Waals surface area contributed by atoms with Crippen LogP contribution in [0.3, 0.4) is 0 Å². The van der Waals surface area contributed by atoms with E-state index >= 15 is 0 Å². The Kier molecular flexibility index (Phi) is 5.00. The highest BCUT2D eigenvalue weighted by Crippen LogP contribution is 2.13. The van der Waals surface area contributed by atoms with Gasteiger partial charge in [0.05, 0.1) is 24.7 Å². The average Bonchev–Trinajstić information content (AvgIpc) is 2.35. The highest BCUT2D eigenvalue weighted by atomic mass is 32.2. The second kappa shape index (κ2) is 6.32. The molecule has 0 aromatic rings. The van der Waals surface area contributed by atoms with E-state index in [-0.39, 0.29) is 6.04 Å². The molecule has 18 heavy (non-hydrogen) atoms. The Morgan fingerprint density at radius 3 is 3.00 bits per heavy atom. The molecule has 0 aliphatic carbocycles. The zero-order valence-electron chi connectivity index (χ0n) is 11.1. The third-order valence-corrected chi connectivity index (χ3v) is 5.62. The number of nitrogens with zero attached hydrogens (tertiary/aromatic N) is 1. The summed E-state index contributed by atoms with van der Waals surface area (Å²) >= 11 is 0. The molecule has 2 atom stereocenters. The van der Waals surface area contributed by atoms with Gasteiger partial charge in [-0.3, -0.25) is 4.90 Å². The van der Waals surface area contributed by atoms with Crippen LogP contribution in [0.15, 0.2) is 0 Å². The first-order chi connectivity index (χ1) is 8.61. The number of nitrogens with one attached hydrogen (secondary N) is 1. The number of hydrogen-bond donors (Lipinski definition) is 1. The molecule has 0 amide bonds. The van der Waals surface area contributed by atoms with Crippen LogP contribution in [0.4, 0.5) is 0 Å². The molecule has 6 heteroatoms. The molecule has 0 radical (unpaired) electrons. The van der Waals surface area contributed by atoms with Gasteiger partial charge < -0.3 is 10.1 Å². The van der Waals surface area contributed by atoms with E-state index in [0.717, 1.165) is 39.1 Å². The van der Waals surface area contributed by atoms with E-state index in [0.29, 0.717) is 24.1 Å². The molecular formula is C12H24N2O3S. The van der Waals surface area contributed by atoms with E-state index < -0.39 is 9.84 Å². The van der Waals surface area contributed by atoms with Crippen LogP contribution in [0.5, 0.6) is 0 Å². The van der Waals surface area contributed by atoms with E-state index in [2.05, 4.69) is 17.1 Å². The van der Waals surface area contributed by atoms with Crippen LogP contribution >= 0.6 is 0 Å². The van der Waals surface area contributed by atoms with Crippen LogP contribution < -0.4 is 5.32 Å². The van der Waals surface area contributed by atoms with Crippen LogP contribution in [-0.4, -0.2) is 69.8 Å². The second-order valence-electron chi connectivity index (χ2n) is 5.23. The summed E-state index contributed by atoms with van der Waals surface area (Å²) in [5.74, 6) is 0.590. The lowest BCUT2D eigenvalue weighted by molar-refractivity contribution is -0.00980. The van der Waals surface area contributed by atoms with Gasteiger partial charge in [-0.1, -0.05) is 6.92 Å². The van der Waals surface area contributed by atoms with Gasteiger partial charge in [0, 0.05) is 31.7 Å². The minimum absolute atomic E-state index is 0.129. The smallest absolute Gasteiger partial charge is 0.153 e. The van der Waals surface area contributed by atoms with Crippen molar-refractivity contribution < 1.29 is 13.2 Å². The molecule has 5 nitrogen and oxygen atoms in total. The monoisotopic (exact) mass is 276 g/mol. The largest absolute Gasteiger partial charge is 0.378 e. The Morgan fingerprint density at radius 1 is 1.44 bits per heavy atom. The van der Waals surface area contributed by atoms with Gasteiger partial charge in [0.1, 0.15) is 0 Å². The summed E-state index contributed by atoms with van der Waals surface area (Å²) in [6.45, 7) is 6.33. The number of ether oxygens (including phenoxy) is 1. The van der Waals surface area contributed by atoms with Gasteiger partial charge in [-0.15, -0.1) is 0 Å². The van der Waals surface area contributed by atoms with Crippen LogP contribution in [-0.2, 0) is 14.6 Å². The molecule has 0 bridgehead atoms. The summed E-state index contributed by atoms with van der Waals surface area (Å²) in [6.07, 6.45) is 2.01. The maximum atomic E-state index is 11.6. The third kappa shape index (κ3) is 3.91. The highest BCUT2D eigenvalue weighted by molar-refractivity contribution is 7.91. The van der Waals surface area contributed by atoms with Gasteiger partial charge in [0.15, 0.2) is 9.84 Å². The maximum Gasteiger partial charge on any atom is 0.153 e. The molecule has 2 saturated heterocycles. The van der Waals surface area contributed by atoms with Gasteiger partial charge in [-0.25, -0.2) is 8.42 Å². The van der Waals surface area contributed by atoms with Crippen LogP contribution in [0.2, 0.25) is 0 Å². The molecule has 2 aliphatic heterocycles. The van der Waals surface area contributed by atoms with Crippen molar-refractivity contribution in [1.29, 1.82) is 0 Å². The Morgan fingerprint density at radius 2 is 2.28 bits per heavy atom. The third-order valence-electron chi connectivity index (χ3n) is 3.89. The summed E-state index contributed by atoms with van der Waals surface area (Å²) in [6, 6.07) is 0.628. The predicted molar refractivity (Wildman–Crippen MR) is 71.5 cm³/mol. The standard InChI is InChI=1S/C12H24N2O3S/c1-2-12-9-17-7-6-14(12)5-3-11-10-18(15,16)8-4-13-11/h11-13H,2-10H2,1H3. The van der Waals surface area contributed by atoms with Crippen molar-refractivity contribution in [2.45, 2.75) is 31.8 Å². The first-order valence-corrected chi connectivity index (χ1v) is 8.68. The van der Waals surface area contributed by atoms with E-state index in [1.54, 1.807) is 0 Å². The number of morpholine rings is 1. The Labute approximate surface area is 110 Å². The Bertz CT molecular complexity index is 358. The molecule has 2 fully saturated rings. The number of rotatable bonds is 4. The van der Waals surface area contributed by atoms with E-state index in [1.807, 2.05) is 0 Å². The van der Waals surface area contributed by atoms with Crippen LogP contribution in [0, 0.1) is 0 Å². The summed E-state index contributed by atoms with van der Waals surface area (Å²) in [5, 5.41) is 3.31. The maximum absolute atomic E-state index is 11.6. The molecule has 0 aromatic carbocycles. The first-order valence-electron chi connectivity index (χ1n) is 6.86. The quantitative estimate of drug-likeness (QED) is 0.775. The SMILES string of the molecule is CCC1COCCN1CCC1CS(=O)(=O)CCN1. The summed E-state index contributed by atoms with van der Waals surface area (Å²) in [4.78, 5) is 2.44. The first kappa shape index (κ1) is 14.2. The zero-order valence-corrected chi connectivity index (χ0v) is 11.9. The Hall–Kier alpha value is -0.170. The fourth-order valence-corrected chi connectivity index (χ4v) is 4.23. The van der Waals surface area contributed by atoms with Crippen molar-refractivity contribution in [2.24, 2.45) is 0 Å². The summed E-state index contributed by atoms with van der Waals surface area (Å²) in [5.41, 5.74) is 0. The molecule has 106 valence electrons. The van der Waals surface area contributed by atoms with Gasteiger partial charge in [-0.05, 0) is 12.8 Å². The molecule has 2 rings (SSSR count). The summed E-state index contributed by atoms with van der Waals surface area (Å²) < 4.78 is 28.6. The molecule has 0 aromatic heterocycles. The number of sulfone groups is 1.